The van der Waals surface area contributed by atoms with Crippen LogP contribution in [0.5, 0.6) is 0 Å². The van der Waals surface area contributed by atoms with E-state index >= 15 is 0 Å². The van der Waals surface area contributed by atoms with Crippen molar-refractivity contribution >= 4 is 25.5 Å². The van der Waals surface area contributed by atoms with Gasteiger partial charge in [-0.2, -0.15) is 13.2 Å². The predicted molar refractivity (Wildman–Crippen MR) is 60.0 cm³/mol. The van der Waals surface area contributed by atoms with E-state index in [1.807, 2.05) is 13.0 Å². The molecule has 16 heavy (non-hydrogen) atoms. The highest BCUT2D eigenvalue weighted by Gasteiger charge is 2.35. The molecule has 0 aliphatic carbocycles. The van der Waals surface area contributed by atoms with Crippen LogP contribution in [0.15, 0.2) is 16.5 Å². The molecule has 0 amide bonds. The summed E-state index contributed by atoms with van der Waals surface area (Å²) in [5, 5.41) is 1.26. The molecule has 1 nitrogen and oxygen atoms in total. The lowest BCUT2D eigenvalue weighted by Gasteiger charge is -2.02. The van der Waals surface area contributed by atoms with Crippen LogP contribution in [0, 0.1) is 13.8 Å². The second kappa shape index (κ2) is 3.49. The third kappa shape index (κ3) is 1.71. The van der Waals surface area contributed by atoms with Gasteiger partial charge < -0.3 is 4.42 Å². The zero-order valence-corrected chi connectivity index (χ0v) is 9.93. The lowest BCUT2D eigenvalue weighted by atomic mass is 10.1. The molecule has 1 atom stereocenters. The highest BCUT2D eigenvalue weighted by Crippen LogP contribution is 2.35. The molecule has 86 valence electrons. The lowest BCUT2D eigenvalue weighted by Crippen LogP contribution is -2.02. The molecular formula is C11H10F3OP. The fraction of sp³-hybridized carbons (Fsp3) is 0.273. The van der Waals surface area contributed by atoms with Crippen LogP contribution < -0.4 is 5.30 Å². The number of halogens is 3. The van der Waals surface area contributed by atoms with Gasteiger partial charge in [-0.1, -0.05) is 6.07 Å². The van der Waals surface area contributed by atoms with Crippen LogP contribution in [-0.4, -0.2) is 0 Å². The molecule has 1 heterocycles. The molecule has 5 heteroatoms. The Morgan fingerprint density at radius 2 is 1.75 bits per heavy atom. The van der Waals surface area contributed by atoms with Crippen molar-refractivity contribution in [2.45, 2.75) is 20.0 Å². The van der Waals surface area contributed by atoms with Gasteiger partial charge in [0.05, 0.1) is 0 Å². The molecule has 0 aliphatic heterocycles. The average molecular weight is 246 g/mol. The number of alkyl halides is 3. The summed E-state index contributed by atoms with van der Waals surface area (Å²) in [7, 11) is 2.45. The lowest BCUT2D eigenvalue weighted by molar-refractivity contribution is -0.152. The Morgan fingerprint density at radius 3 is 2.31 bits per heavy atom. The summed E-state index contributed by atoms with van der Waals surface area (Å²) in [5.41, 5.74) is 1.96. The van der Waals surface area contributed by atoms with E-state index in [2.05, 4.69) is 9.24 Å². The van der Waals surface area contributed by atoms with Gasteiger partial charge >= 0.3 is 6.18 Å². The molecule has 0 radical (unpaired) electrons. The summed E-state index contributed by atoms with van der Waals surface area (Å²) in [6, 6.07) is 2.87. The maximum Gasteiger partial charge on any atom is 0.449 e. The van der Waals surface area contributed by atoms with Crippen molar-refractivity contribution in [3.63, 3.8) is 0 Å². The summed E-state index contributed by atoms with van der Waals surface area (Å²) in [5.74, 6) is -0.945. The maximum absolute atomic E-state index is 12.5. The Balaban J connectivity index is 2.80. The number of fused-ring (bicyclic) bond motifs is 1. The van der Waals surface area contributed by atoms with E-state index in [4.69, 9.17) is 4.42 Å². The van der Waals surface area contributed by atoms with E-state index < -0.39 is 11.9 Å². The molecule has 1 unspecified atom stereocenters. The number of aryl methyl sites for hydroxylation is 2. The molecule has 0 fully saturated rings. The van der Waals surface area contributed by atoms with Gasteiger partial charge in [-0.05, 0) is 36.3 Å². The predicted octanol–water partition coefficient (Wildman–Crippen LogP) is 3.57. The van der Waals surface area contributed by atoms with Crippen LogP contribution in [-0.2, 0) is 6.18 Å². The molecule has 1 aromatic heterocycles. The zero-order valence-electron chi connectivity index (χ0n) is 8.77. The maximum atomic E-state index is 12.5. The number of benzene rings is 1. The van der Waals surface area contributed by atoms with Crippen LogP contribution in [0.2, 0.25) is 0 Å². The minimum atomic E-state index is -4.43. The molecular weight excluding hydrogens is 236 g/mol. The number of furan rings is 1. The van der Waals surface area contributed by atoms with Gasteiger partial charge in [0.2, 0.25) is 5.76 Å². The van der Waals surface area contributed by atoms with Crippen molar-refractivity contribution in [3.05, 3.63) is 29.0 Å². The van der Waals surface area contributed by atoms with Gasteiger partial charge in [-0.15, -0.1) is 9.24 Å². The highest BCUT2D eigenvalue weighted by atomic mass is 31.0. The molecule has 0 saturated carbocycles. The average Bonchev–Trinajstić information content (AvgIpc) is 2.58. The van der Waals surface area contributed by atoms with Gasteiger partial charge in [-0.25, -0.2) is 0 Å². The summed E-state index contributed by atoms with van der Waals surface area (Å²) < 4.78 is 42.3. The molecule has 2 rings (SSSR count). The van der Waals surface area contributed by atoms with E-state index in [0.29, 0.717) is 16.5 Å². The van der Waals surface area contributed by atoms with Crippen molar-refractivity contribution < 1.29 is 17.6 Å². The van der Waals surface area contributed by atoms with Crippen LogP contribution >= 0.6 is 9.24 Å². The van der Waals surface area contributed by atoms with E-state index in [9.17, 15) is 13.2 Å². The second-order valence-corrected chi connectivity index (χ2v) is 4.35. The number of hydrogen-bond acceptors (Lipinski definition) is 1. The van der Waals surface area contributed by atoms with Crippen molar-refractivity contribution in [1.29, 1.82) is 0 Å². The first kappa shape index (κ1) is 11.5. The van der Waals surface area contributed by atoms with Crippen LogP contribution in [0.25, 0.3) is 11.0 Å². The Kier molecular flexibility index (Phi) is 2.50. The van der Waals surface area contributed by atoms with Crippen molar-refractivity contribution in [3.8, 4) is 0 Å². The Morgan fingerprint density at radius 1 is 1.12 bits per heavy atom. The summed E-state index contributed by atoms with van der Waals surface area (Å²) in [4.78, 5) is 0. The molecule has 0 saturated heterocycles. The monoisotopic (exact) mass is 246 g/mol. The van der Waals surface area contributed by atoms with Crippen LogP contribution in [0.3, 0.4) is 0 Å². The summed E-state index contributed by atoms with van der Waals surface area (Å²) in [6.07, 6.45) is -4.43. The minimum absolute atomic E-state index is 0.308. The Bertz CT molecular complexity index is 554. The fourth-order valence-corrected chi connectivity index (χ4v) is 2.00. The Hall–Kier alpha value is -1.02. The quantitative estimate of drug-likeness (QED) is 0.648. The molecule has 2 aromatic rings. The third-order valence-corrected chi connectivity index (χ3v) is 3.28. The van der Waals surface area contributed by atoms with E-state index in [0.717, 1.165) is 16.9 Å². The minimum Gasteiger partial charge on any atom is -0.451 e. The zero-order chi connectivity index (χ0) is 12.1. The number of hydrogen-bond donors (Lipinski definition) is 0. The highest BCUT2D eigenvalue weighted by molar-refractivity contribution is 7.28. The topological polar surface area (TPSA) is 13.1 Å². The first-order valence-electron chi connectivity index (χ1n) is 4.67. The smallest absolute Gasteiger partial charge is 0.449 e. The molecule has 0 spiro atoms. The fourth-order valence-electron chi connectivity index (χ4n) is 1.70. The number of rotatable bonds is 0. The van der Waals surface area contributed by atoms with Crippen LogP contribution in [0.1, 0.15) is 16.9 Å². The second-order valence-electron chi connectivity index (χ2n) is 3.78. The molecule has 0 bridgehead atoms. The van der Waals surface area contributed by atoms with E-state index in [1.54, 1.807) is 6.92 Å². The van der Waals surface area contributed by atoms with E-state index in [1.165, 1.54) is 0 Å². The first-order valence-corrected chi connectivity index (χ1v) is 5.25. The molecule has 0 N–H and O–H groups in total. The van der Waals surface area contributed by atoms with E-state index in [-0.39, 0.29) is 0 Å². The molecule has 1 aromatic carbocycles. The van der Waals surface area contributed by atoms with Crippen LogP contribution in [0.4, 0.5) is 13.2 Å². The SMILES string of the molecule is Cc1cc(C)c2oc(C(F)(F)F)cc2c1P. The van der Waals surface area contributed by atoms with Gasteiger partial charge in [-0.3, -0.25) is 0 Å². The van der Waals surface area contributed by atoms with Gasteiger partial charge in [0.25, 0.3) is 0 Å². The van der Waals surface area contributed by atoms with Crippen molar-refractivity contribution in [2.75, 3.05) is 0 Å². The van der Waals surface area contributed by atoms with Crippen molar-refractivity contribution in [1.82, 2.24) is 0 Å². The van der Waals surface area contributed by atoms with Gasteiger partial charge in [0.1, 0.15) is 5.58 Å². The summed E-state index contributed by atoms with van der Waals surface area (Å²) >= 11 is 0. The molecule has 0 aliphatic rings. The first-order chi connectivity index (χ1) is 7.30. The standard InChI is InChI=1S/C11H10F3OP/c1-5-3-6(2)10(16)7-4-8(11(12,13)14)15-9(5)7/h3-4H,16H2,1-2H3. The Labute approximate surface area is 92.8 Å². The normalized spacial score (nSPS) is 12.4. The summed E-state index contributed by atoms with van der Waals surface area (Å²) in [6.45, 7) is 3.60. The largest absolute Gasteiger partial charge is 0.451 e. The third-order valence-electron chi connectivity index (χ3n) is 2.52. The van der Waals surface area contributed by atoms with Gasteiger partial charge in [0.15, 0.2) is 0 Å². The van der Waals surface area contributed by atoms with Gasteiger partial charge in [0, 0.05) is 5.39 Å². The van der Waals surface area contributed by atoms with Crippen molar-refractivity contribution in [2.24, 2.45) is 0 Å².